The Morgan fingerprint density at radius 2 is 1.78 bits per heavy atom. The monoisotopic (exact) mass is 426 g/mol. The summed E-state index contributed by atoms with van der Waals surface area (Å²) in [6.07, 6.45) is 1.02. The number of fused-ring (bicyclic) bond motifs is 3. The highest BCUT2D eigenvalue weighted by atomic mass is 19.1. The number of anilines is 1. The Labute approximate surface area is 183 Å². The van der Waals surface area contributed by atoms with Gasteiger partial charge in [-0.3, -0.25) is 0 Å². The minimum absolute atomic E-state index is 0.306. The van der Waals surface area contributed by atoms with Crippen LogP contribution >= 0.6 is 0 Å². The van der Waals surface area contributed by atoms with Crippen molar-refractivity contribution in [2.45, 2.75) is 12.1 Å². The normalized spacial score (nSPS) is 18.7. The molecule has 1 N–H and O–H groups in total. The number of nitrogens with one attached hydrogen (secondary N) is 1. The molecule has 0 fully saturated rings. The van der Waals surface area contributed by atoms with Crippen LogP contribution in [0.3, 0.4) is 0 Å². The molecule has 158 valence electrons. The molecule has 0 spiro atoms. The van der Waals surface area contributed by atoms with Gasteiger partial charge in [0, 0.05) is 16.7 Å². The second-order valence-corrected chi connectivity index (χ2v) is 7.67. The molecule has 0 saturated carbocycles. The van der Waals surface area contributed by atoms with Gasteiger partial charge in [0.05, 0.1) is 12.8 Å². The smallest absolute Gasteiger partial charge is 0.226 e. The van der Waals surface area contributed by atoms with Crippen molar-refractivity contribution in [1.82, 2.24) is 14.8 Å². The Morgan fingerprint density at radius 3 is 2.59 bits per heavy atom. The van der Waals surface area contributed by atoms with E-state index in [0.29, 0.717) is 11.5 Å². The van der Waals surface area contributed by atoms with Gasteiger partial charge in [0.25, 0.3) is 0 Å². The molecule has 0 saturated heterocycles. The van der Waals surface area contributed by atoms with Crippen LogP contribution < -0.4 is 14.8 Å². The Morgan fingerprint density at radius 1 is 1.00 bits per heavy atom. The van der Waals surface area contributed by atoms with Crippen molar-refractivity contribution < 1.29 is 13.9 Å². The maximum atomic E-state index is 15.1. The molecule has 2 atom stereocenters. The first kappa shape index (κ1) is 18.6. The highest BCUT2D eigenvalue weighted by molar-refractivity contribution is 5.85. The van der Waals surface area contributed by atoms with E-state index < -0.39 is 12.1 Å². The summed E-state index contributed by atoms with van der Waals surface area (Å²) in [5.74, 6) is 1.76. The lowest BCUT2D eigenvalue weighted by atomic mass is 9.84. The highest BCUT2D eigenvalue weighted by Gasteiger charge is 2.41. The first-order chi connectivity index (χ1) is 15.7. The molecule has 3 aromatic carbocycles. The van der Waals surface area contributed by atoms with Crippen LogP contribution in [-0.2, 0) is 0 Å². The summed E-state index contributed by atoms with van der Waals surface area (Å²) in [6.45, 7) is 0. The van der Waals surface area contributed by atoms with Crippen molar-refractivity contribution in [1.29, 1.82) is 0 Å². The first-order valence-corrected chi connectivity index (χ1v) is 10.3. The number of benzene rings is 3. The van der Waals surface area contributed by atoms with Crippen LogP contribution in [0.15, 0.2) is 84.7 Å². The molecule has 6 rings (SSSR count). The number of rotatable bonds is 3. The molecule has 4 aromatic rings. The molecule has 2 aliphatic rings. The summed E-state index contributed by atoms with van der Waals surface area (Å²) < 4.78 is 28.7. The zero-order valence-electron chi connectivity index (χ0n) is 17.2. The molecule has 0 amide bonds. The third-order valence-corrected chi connectivity index (χ3v) is 5.94. The second kappa shape index (κ2) is 7.23. The summed E-state index contributed by atoms with van der Waals surface area (Å²) in [4.78, 5) is 4.37. The lowest BCUT2D eigenvalue weighted by Crippen LogP contribution is -2.32. The number of nitrogens with zero attached hydrogens (tertiary/aromatic N) is 3. The van der Waals surface area contributed by atoms with Crippen LogP contribution in [0.5, 0.6) is 11.5 Å². The zero-order chi connectivity index (χ0) is 21.7. The molecule has 2 aliphatic heterocycles. The van der Waals surface area contributed by atoms with Crippen LogP contribution in [0.4, 0.5) is 10.3 Å². The molecule has 0 unspecified atom stereocenters. The van der Waals surface area contributed by atoms with Crippen LogP contribution in [0, 0.1) is 5.82 Å². The molecular weight excluding hydrogens is 407 g/mol. The van der Waals surface area contributed by atoms with Gasteiger partial charge in [0.1, 0.15) is 35.8 Å². The maximum Gasteiger partial charge on any atom is 0.226 e. The van der Waals surface area contributed by atoms with Gasteiger partial charge in [-0.05, 0) is 35.9 Å². The number of methoxy groups -OCH3 is 1. The van der Waals surface area contributed by atoms with E-state index in [2.05, 4.69) is 15.4 Å². The van der Waals surface area contributed by atoms with E-state index in [0.717, 1.165) is 33.9 Å². The van der Waals surface area contributed by atoms with E-state index in [9.17, 15) is 0 Å². The predicted octanol–water partition coefficient (Wildman–Crippen LogP) is 4.99. The summed E-state index contributed by atoms with van der Waals surface area (Å²) >= 11 is 0. The van der Waals surface area contributed by atoms with Crippen molar-refractivity contribution >= 4 is 11.6 Å². The van der Waals surface area contributed by atoms with E-state index in [-0.39, 0.29) is 5.82 Å². The van der Waals surface area contributed by atoms with Crippen molar-refractivity contribution in [2.75, 3.05) is 12.4 Å². The minimum atomic E-state index is -0.523. The number of halogens is 1. The van der Waals surface area contributed by atoms with Crippen LogP contribution in [-0.4, -0.2) is 21.9 Å². The Hall–Kier alpha value is -4.13. The summed E-state index contributed by atoms with van der Waals surface area (Å²) in [6, 6.07) is 21.8. The van der Waals surface area contributed by atoms with Crippen molar-refractivity contribution in [2.24, 2.45) is 0 Å². The van der Waals surface area contributed by atoms with Gasteiger partial charge >= 0.3 is 0 Å². The SMILES string of the molecule is COc1ccc([C@H]2Oc3ccccc3C3=C2[C@@H](c2ccccc2F)n2ncnc2N3)cc1. The van der Waals surface area contributed by atoms with Gasteiger partial charge in [0.2, 0.25) is 5.95 Å². The third-order valence-electron chi connectivity index (χ3n) is 5.94. The van der Waals surface area contributed by atoms with Crippen LogP contribution in [0.2, 0.25) is 0 Å². The van der Waals surface area contributed by atoms with Crippen molar-refractivity contribution in [3.05, 3.63) is 107 Å². The number of aromatic nitrogens is 3. The molecule has 0 bridgehead atoms. The molecule has 0 aliphatic carbocycles. The molecule has 7 heteroatoms. The molecular formula is C25H19FN4O2. The van der Waals surface area contributed by atoms with Gasteiger partial charge in [-0.2, -0.15) is 10.1 Å². The zero-order valence-corrected chi connectivity index (χ0v) is 17.2. The standard InChI is InChI=1S/C25H19FN4O2/c1-31-16-12-10-15(11-13-16)24-21-22(18-7-3-5-9-20(18)32-24)29-25-27-14-28-30(25)23(21)17-6-2-4-8-19(17)26/h2-14,23-24H,1H3,(H,27,28,29)/t23-,24-/m1/s1. The summed E-state index contributed by atoms with van der Waals surface area (Å²) in [5.41, 5.74) is 4.08. The molecule has 6 nitrogen and oxygen atoms in total. The molecule has 0 radical (unpaired) electrons. The van der Waals surface area contributed by atoms with Gasteiger partial charge in [-0.25, -0.2) is 9.07 Å². The number of hydrogen-bond donors (Lipinski definition) is 1. The van der Waals surface area contributed by atoms with Gasteiger partial charge in [0.15, 0.2) is 0 Å². The predicted molar refractivity (Wildman–Crippen MR) is 118 cm³/mol. The Kier molecular flexibility index (Phi) is 4.21. The average Bonchev–Trinajstić information content (AvgIpc) is 3.31. The van der Waals surface area contributed by atoms with E-state index >= 15 is 4.39 Å². The quantitative estimate of drug-likeness (QED) is 0.500. The van der Waals surface area contributed by atoms with Crippen LogP contribution in [0.1, 0.15) is 28.8 Å². The van der Waals surface area contributed by atoms with Crippen molar-refractivity contribution in [3.63, 3.8) is 0 Å². The van der Waals surface area contributed by atoms with E-state index in [4.69, 9.17) is 9.47 Å². The fourth-order valence-corrected chi connectivity index (χ4v) is 4.47. The second-order valence-electron chi connectivity index (χ2n) is 7.67. The van der Waals surface area contributed by atoms with Gasteiger partial charge in [-0.1, -0.05) is 42.5 Å². The Balaban J connectivity index is 1.62. The minimum Gasteiger partial charge on any atom is -0.497 e. The fourth-order valence-electron chi connectivity index (χ4n) is 4.47. The topological polar surface area (TPSA) is 61.2 Å². The number of ether oxygens (including phenoxy) is 2. The Bertz CT molecular complexity index is 1350. The van der Waals surface area contributed by atoms with E-state index in [1.165, 1.54) is 12.4 Å². The first-order valence-electron chi connectivity index (χ1n) is 10.3. The molecule has 3 heterocycles. The van der Waals surface area contributed by atoms with Gasteiger partial charge < -0.3 is 14.8 Å². The number of para-hydroxylation sites is 1. The number of hydrogen-bond acceptors (Lipinski definition) is 5. The summed E-state index contributed by atoms with van der Waals surface area (Å²) in [5, 5.41) is 7.84. The average molecular weight is 426 g/mol. The molecule has 1 aromatic heterocycles. The van der Waals surface area contributed by atoms with Gasteiger partial charge in [-0.15, -0.1) is 0 Å². The van der Waals surface area contributed by atoms with E-state index in [1.54, 1.807) is 23.9 Å². The van der Waals surface area contributed by atoms with E-state index in [1.807, 2.05) is 54.6 Å². The largest absolute Gasteiger partial charge is 0.497 e. The third kappa shape index (κ3) is 2.78. The lowest BCUT2D eigenvalue weighted by molar-refractivity contribution is 0.222. The maximum absolute atomic E-state index is 15.1. The highest BCUT2D eigenvalue weighted by Crippen LogP contribution is 2.50. The van der Waals surface area contributed by atoms with Crippen LogP contribution in [0.25, 0.3) is 5.70 Å². The summed E-state index contributed by atoms with van der Waals surface area (Å²) in [7, 11) is 1.63. The lowest BCUT2D eigenvalue weighted by Gasteiger charge is -2.39. The molecule has 32 heavy (non-hydrogen) atoms. The fraction of sp³-hybridized carbons (Fsp3) is 0.120. The van der Waals surface area contributed by atoms with Crippen molar-refractivity contribution in [3.8, 4) is 11.5 Å².